The molecule has 0 amide bonds. The highest BCUT2D eigenvalue weighted by atomic mass is 79.9. The van der Waals surface area contributed by atoms with Crippen LogP contribution in [0.5, 0.6) is 5.75 Å². The maximum absolute atomic E-state index is 5.72. The van der Waals surface area contributed by atoms with Crippen LogP contribution < -0.4 is 4.74 Å². The SMILES string of the molecule is CCC([SiH3])SOCCc1cc(OCCCOC)ccc1Br. The molecule has 0 aliphatic heterocycles. The van der Waals surface area contributed by atoms with Crippen LogP contribution in [-0.2, 0) is 15.3 Å². The fourth-order valence-electron chi connectivity index (χ4n) is 1.61. The van der Waals surface area contributed by atoms with Crippen LogP contribution in [0.15, 0.2) is 22.7 Å². The molecule has 0 heterocycles. The molecule has 21 heavy (non-hydrogen) atoms. The quantitative estimate of drug-likeness (QED) is 0.328. The molecule has 0 saturated carbocycles. The monoisotopic (exact) mass is 392 g/mol. The molecule has 0 radical (unpaired) electrons. The zero-order valence-corrected chi connectivity index (χ0v) is 17.5. The van der Waals surface area contributed by atoms with Gasteiger partial charge >= 0.3 is 0 Å². The summed E-state index contributed by atoms with van der Waals surface area (Å²) in [5.41, 5.74) is 1.22. The third-order valence-electron chi connectivity index (χ3n) is 3.04. The second-order valence-electron chi connectivity index (χ2n) is 4.84. The summed E-state index contributed by atoms with van der Waals surface area (Å²) in [5.74, 6) is 0.909. The summed E-state index contributed by atoms with van der Waals surface area (Å²) >= 11 is 5.21. The molecule has 0 N–H and O–H groups in total. The Morgan fingerprint density at radius 1 is 1.29 bits per heavy atom. The van der Waals surface area contributed by atoms with E-state index in [9.17, 15) is 0 Å². The van der Waals surface area contributed by atoms with Gasteiger partial charge in [-0.1, -0.05) is 22.9 Å². The summed E-state index contributed by atoms with van der Waals surface area (Å²) in [6.07, 6.45) is 2.98. The third-order valence-corrected chi connectivity index (χ3v) is 6.17. The lowest BCUT2D eigenvalue weighted by Crippen LogP contribution is -2.04. The van der Waals surface area contributed by atoms with E-state index >= 15 is 0 Å². The largest absolute Gasteiger partial charge is 0.493 e. The van der Waals surface area contributed by atoms with E-state index in [4.69, 9.17) is 13.7 Å². The van der Waals surface area contributed by atoms with Crippen molar-refractivity contribution >= 4 is 38.2 Å². The second-order valence-corrected chi connectivity index (χ2v) is 9.15. The first-order valence-corrected chi connectivity index (χ1v) is 10.1. The number of benzene rings is 1. The fraction of sp³-hybridized carbons (Fsp3) is 0.600. The van der Waals surface area contributed by atoms with E-state index in [1.54, 1.807) is 19.2 Å². The molecule has 120 valence electrons. The Hall–Kier alpha value is -0.0131. The molecule has 0 aliphatic rings. The highest BCUT2D eigenvalue weighted by Crippen LogP contribution is 2.24. The van der Waals surface area contributed by atoms with Crippen molar-refractivity contribution in [2.24, 2.45) is 0 Å². The van der Waals surface area contributed by atoms with Crippen molar-refractivity contribution in [2.75, 3.05) is 26.9 Å². The lowest BCUT2D eigenvalue weighted by Gasteiger charge is -2.11. The maximum Gasteiger partial charge on any atom is 0.119 e. The summed E-state index contributed by atoms with van der Waals surface area (Å²) in [4.78, 5) is 0.684. The van der Waals surface area contributed by atoms with Crippen molar-refractivity contribution in [1.29, 1.82) is 0 Å². The molecule has 0 fully saturated rings. The predicted octanol–water partition coefficient (Wildman–Crippen LogP) is 3.17. The second kappa shape index (κ2) is 11.5. The van der Waals surface area contributed by atoms with Crippen molar-refractivity contribution < 1.29 is 13.7 Å². The van der Waals surface area contributed by atoms with Gasteiger partial charge in [0.1, 0.15) is 5.75 Å². The molecule has 1 unspecified atom stereocenters. The smallest absolute Gasteiger partial charge is 0.119 e. The molecular formula is C15H25BrO3SSi. The topological polar surface area (TPSA) is 27.7 Å². The van der Waals surface area contributed by atoms with Crippen molar-refractivity contribution in [3.63, 3.8) is 0 Å². The van der Waals surface area contributed by atoms with Gasteiger partial charge in [-0.3, -0.25) is 0 Å². The van der Waals surface area contributed by atoms with Gasteiger partial charge in [-0.2, -0.15) is 0 Å². The zero-order chi connectivity index (χ0) is 15.5. The van der Waals surface area contributed by atoms with Crippen molar-refractivity contribution in [2.45, 2.75) is 31.1 Å². The number of halogens is 1. The molecule has 0 spiro atoms. The molecule has 1 aromatic carbocycles. The standard InChI is InChI=1S/C15H25BrO3SSi/c1-3-15(21)20-19-10-7-12-11-13(5-6-14(12)16)18-9-4-8-17-2/h5-6,11,15H,3-4,7-10H2,1-2,21H3. The molecular weight excluding hydrogens is 368 g/mol. The molecule has 0 aliphatic carbocycles. The summed E-state index contributed by atoms with van der Waals surface area (Å²) in [5, 5.41) is 0. The van der Waals surface area contributed by atoms with Crippen LogP contribution in [0, 0.1) is 0 Å². The van der Waals surface area contributed by atoms with E-state index in [0.29, 0.717) is 11.5 Å². The summed E-state index contributed by atoms with van der Waals surface area (Å²) < 4.78 is 17.5. The molecule has 1 rings (SSSR count). The van der Waals surface area contributed by atoms with Crippen LogP contribution in [0.4, 0.5) is 0 Å². The van der Waals surface area contributed by atoms with Gasteiger partial charge in [-0.25, -0.2) is 0 Å². The van der Waals surface area contributed by atoms with E-state index in [-0.39, 0.29) is 0 Å². The molecule has 0 saturated heterocycles. The van der Waals surface area contributed by atoms with E-state index in [1.807, 2.05) is 12.1 Å². The molecule has 6 heteroatoms. The normalized spacial score (nSPS) is 12.5. The van der Waals surface area contributed by atoms with Crippen LogP contribution in [0.2, 0.25) is 0 Å². The van der Waals surface area contributed by atoms with Gasteiger partial charge in [0.15, 0.2) is 0 Å². The molecule has 0 aromatic heterocycles. The minimum atomic E-state index is 0.680. The van der Waals surface area contributed by atoms with E-state index in [0.717, 1.165) is 36.3 Å². The van der Waals surface area contributed by atoms with Gasteiger partial charge < -0.3 is 13.7 Å². The van der Waals surface area contributed by atoms with Gasteiger partial charge in [0.25, 0.3) is 0 Å². The number of methoxy groups -OCH3 is 1. The fourth-order valence-corrected chi connectivity index (χ4v) is 3.01. The zero-order valence-electron chi connectivity index (χ0n) is 13.1. The van der Waals surface area contributed by atoms with E-state index in [1.165, 1.54) is 22.2 Å². The number of ether oxygens (including phenoxy) is 2. The Bertz CT molecular complexity index is 407. The van der Waals surface area contributed by atoms with Crippen molar-refractivity contribution in [3.8, 4) is 5.75 Å². The van der Waals surface area contributed by atoms with E-state index < -0.39 is 0 Å². The van der Waals surface area contributed by atoms with E-state index in [2.05, 4.69) is 28.9 Å². The summed E-state index contributed by atoms with van der Waals surface area (Å²) in [6.45, 7) is 4.34. The summed E-state index contributed by atoms with van der Waals surface area (Å²) in [6, 6.07) is 6.11. The minimum absolute atomic E-state index is 0.680. The Morgan fingerprint density at radius 3 is 2.81 bits per heavy atom. The lowest BCUT2D eigenvalue weighted by atomic mass is 10.1. The van der Waals surface area contributed by atoms with Crippen LogP contribution in [0.1, 0.15) is 25.3 Å². The summed E-state index contributed by atoms with van der Waals surface area (Å²) in [7, 11) is 2.88. The number of rotatable bonds is 11. The average Bonchev–Trinajstić information content (AvgIpc) is 2.50. The highest BCUT2D eigenvalue weighted by molar-refractivity contribution is 9.10. The van der Waals surface area contributed by atoms with Crippen LogP contribution >= 0.6 is 28.0 Å². The average molecular weight is 393 g/mol. The number of hydrogen-bond donors (Lipinski definition) is 0. The van der Waals surface area contributed by atoms with Crippen LogP contribution in [0.25, 0.3) is 0 Å². The maximum atomic E-state index is 5.72. The molecule has 0 bridgehead atoms. The molecule has 1 aromatic rings. The number of hydrogen-bond acceptors (Lipinski definition) is 4. The van der Waals surface area contributed by atoms with Gasteiger partial charge in [0, 0.05) is 39.7 Å². The van der Waals surface area contributed by atoms with Crippen molar-refractivity contribution in [3.05, 3.63) is 28.2 Å². The first-order valence-electron chi connectivity index (χ1n) is 7.35. The van der Waals surface area contributed by atoms with Gasteiger partial charge in [0.05, 0.1) is 13.2 Å². The lowest BCUT2D eigenvalue weighted by molar-refractivity contribution is 0.172. The Morgan fingerprint density at radius 2 is 2.10 bits per heavy atom. The Labute approximate surface area is 143 Å². The molecule has 3 nitrogen and oxygen atoms in total. The van der Waals surface area contributed by atoms with Crippen molar-refractivity contribution in [1.82, 2.24) is 0 Å². The first-order chi connectivity index (χ1) is 10.2. The van der Waals surface area contributed by atoms with Gasteiger partial charge in [-0.15, -0.1) is 0 Å². The highest BCUT2D eigenvalue weighted by Gasteiger charge is 2.05. The van der Waals surface area contributed by atoms with Gasteiger partial charge in [0.2, 0.25) is 0 Å². The minimum Gasteiger partial charge on any atom is -0.493 e. The Balaban J connectivity index is 2.38. The first kappa shape index (κ1) is 19.0. The predicted molar refractivity (Wildman–Crippen MR) is 97.4 cm³/mol. The van der Waals surface area contributed by atoms with Gasteiger partial charge in [-0.05, 0) is 48.6 Å². The third kappa shape index (κ3) is 8.26. The van der Waals surface area contributed by atoms with Crippen LogP contribution in [-0.4, -0.2) is 42.0 Å². The molecule has 1 atom stereocenters. The van der Waals surface area contributed by atoms with Crippen LogP contribution in [0.3, 0.4) is 0 Å². The Kier molecular flexibility index (Phi) is 10.5.